The predicted octanol–water partition coefficient (Wildman–Crippen LogP) is 8.98. The first kappa shape index (κ1) is 43.9. The molecule has 0 heterocycles. The van der Waals surface area contributed by atoms with E-state index in [4.69, 9.17) is 4.74 Å². The second-order valence-electron chi connectivity index (χ2n) is 12.5. The topological polar surface area (TPSA) is 118 Å². The molecule has 2 aromatic rings. The van der Waals surface area contributed by atoms with Crippen LogP contribution in [0.25, 0.3) is 0 Å². The molecule has 0 aromatic heterocycles. The summed E-state index contributed by atoms with van der Waals surface area (Å²) in [6, 6.07) is 15.8. The fraction of sp³-hybridized carbons (Fsp3) is 0.667. The molecule has 0 radical (unpaired) electrons. The Morgan fingerprint density at radius 2 is 0.826 bits per heavy atom. The molecule has 0 aliphatic carbocycles. The van der Waals surface area contributed by atoms with Crippen LogP contribution in [0.15, 0.2) is 48.5 Å². The van der Waals surface area contributed by atoms with E-state index in [0.29, 0.717) is 0 Å². The van der Waals surface area contributed by atoms with E-state index in [9.17, 15) is 25.9 Å². The van der Waals surface area contributed by atoms with Crippen molar-refractivity contribution in [3.63, 3.8) is 0 Å². The van der Waals surface area contributed by atoms with Gasteiger partial charge in [0.2, 0.25) is 0 Å². The van der Waals surface area contributed by atoms with Crippen molar-refractivity contribution in [2.75, 3.05) is 11.5 Å². The number of hydrogen-bond acceptors (Lipinski definition) is 5. The van der Waals surface area contributed by atoms with Crippen LogP contribution in [-0.4, -0.2) is 88.8 Å². The summed E-state index contributed by atoms with van der Waals surface area (Å²) in [4.78, 5) is 0. The predicted molar refractivity (Wildman–Crippen MR) is 192 cm³/mol. The Bertz CT molecular complexity index is 1160. The van der Waals surface area contributed by atoms with Gasteiger partial charge in [0.1, 0.15) is 0 Å². The molecular weight excluding hydrogens is 648 g/mol. The summed E-state index contributed by atoms with van der Waals surface area (Å²) in [6.07, 6.45) is 17.9. The van der Waals surface area contributed by atoms with Gasteiger partial charge in [-0.3, -0.25) is 9.11 Å². The summed E-state index contributed by atoms with van der Waals surface area (Å²) in [5.74, 6) is -0.973. The Morgan fingerprint density at radius 3 is 1.13 bits per heavy atom. The molecule has 0 saturated carbocycles. The molecule has 2 N–H and O–H groups in total. The molecule has 0 bridgehead atoms. The zero-order valence-corrected chi connectivity index (χ0v) is 29.3. The standard InChI is InChI=1S/C36H58O7S2.K.H/c1-3-5-7-9-11-13-15-17-31-19-23-33(24-20-31)35(27-29-44(37,38)39)43-36(28-30-45(40,41)42)34-25-21-32(22-26-34)18-16-14-12-10-8-6-4-2;;/h19-26,35-36H,3-18,27-30H2,1-2H3,(H,37,38,39)(H,40,41,42);;. The fourth-order valence-corrected chi connectivity index (χ4v) is 6.73. The van der Waals surface area contributed by atoms with Gasteiger partial charge in [-0.15, -0.1) is 0 Å². The molecule has 0 fully saturated rings. The first-order valence-electron chi connectivity index (χ1n) is 17.2. The average Bonchev–Trinajstić information content (AvgIpc) is 3.00. The first-order valence-corrected chi connectivity index (χ1v) is 20.5. The van der Waals surface area contributed by atoms with Gasteiger partial charge in [0.05, 0.1) is 23.7 Å². The second kappa shape index (κ2) is 24.9. The van der Waals surface area contributed by atoms with Gasteiger partial charge < -0.3 is 4.74 Å². The first-order chi connectivity index (χ1) is 21.5. The summed E-state index contributed by atoms with van der Waals surface area (Å²) >= 11 is 0. The number of hydrogen-bond donors (Lipinski definition) is 2. The number of aryl methyl sites for hydroxylation is 2. The summed E-state index contributed by atoms with van der Waals surface area (Å²) < 4.78 is 72.1. The van der Waals surface area contributed by atoms with E-state index in [2.05, 4.69) is 13.8 Å². The minimum absolute atomic E-state index is 0. The zero-order valence-electron chi connectivity index (χ0n) is 27.7. The number of ether oxygens (including phenoxy) is 1. The van der Waals surface area contributed by atoms with Crippen LogP contribution in [0.2, 0.25) is 0 Å². The van der Waals surface area contributed by atoms with Crippen LogP contribution in [0.1, 0.15) is 151 Å². The molecule has 0 amide bonds. The molecule has 2 rings (SSSR count). The van der Waals surface area contributed by atoms with Crippen molar-refractivity contribution in [3.8, 4) is 0 Å². The van der Waals surface area contributed by atoms with Crippen LogP contribution in [0.3, 0.4) is 0 Å². The SMILES string of the molecule is CCCCCCCCCc1ccc(C(CCS(=O)(=O)O)OC(CCS(=O)(=O)O)c2ccc(CCCCCCCCC)cc2)cc1.[KH]. The average molecular weight is 707 g/mol. The van der Waals surface area contributed by atoms with E-state index >= 15 is 0 Å². The van der Waals surface area contributed by atoms with Gasteiger partial charge in [0, 0.05) is 0 Å². The quantitative estimate of drug-likeness (QED) is 0.0570. The Labute approximate surface area is 323 Å². The third-order valence-corrected chi connectivity index (χ3v) is 9.95. The van der Waals surface area contributed by atoms with Crippen LogP contribution in [0, 0.1) is 0 Å². The molecule has 2 aromatic carbocycles. The van der Waals surface area contributed by atoms with Crippen molar-refractivity contribution in [2.24, 2.45) is 0 Å². The van der Waals surface area contributed by atoms with Crippen molar-refractivity contribution in [2.45, 2.75) is 142 Å². The maximum atomic E-state index is 11.7. The third-order valence-electron chi connectivity index (χ3n) is 8.45. The van der Waals surface area contributed by atoms with Crippen LogP contribution < -0.4 is 0 Å². The van der Waals surface area contributed by atoms with Gasteiger partial charge in [-0.25, -0.2) is 0 Å². The molecule has 0 saturated heterocycles. The Balaban J connectivity index is 0.0000106. The molecule has 7 nitrogen and oxygen atoms in total. The fourth-order valence-electron chi connectivity index (χ4n) is 5.71. The second-order valence-corrected chi connectivity index (χ2v) is 15.6. The number of benzene rings is 2. The van der Waals surface area contributed by atoms with Crippen molar-refractivity contribution in [3.05, 3.63) is 70.8 Å². The van der Waals surface area contributed by atoms with Crippen LogP contribution in [-0.2, 0) is 37.8 Å². The Morgan fingerprint density at radius 1 is 0.522 bits per heavy atom. The molecule has 10 heteroatoms. The van der Waals surface area contributed by atoms with E-state index in [1.54, 1.807) is 0 Å². The minimum atomic E-state index is -4.23. The van der Waals surface area contributed by atoms with Gasteiger partial charge in [-0.1, -0.05) is 139 Å². The molecule has 0 aliphatic heterocycles. The molecule has 0 aliphatic rings. The Kier molecular flexibility index (Phi) is 23.8. The molecule has 46 heavy (non-hydrogen) atoms. The van der Waals surface area contributed by atoms with E-state index < -0.39 is 43.9 Å². The normalized spacial score (nSPS) is 13.3. The molecule has 0 spiro atoms. The summed E-state index contributed by atoms with van der Waals surface area (Å²) in [5, 5.41) is 0. The summed E-state index contributed by atoms with van der Waals surface area (Å²) in [7, 11) is -8.47. The van der Waals surface area contributed by atoms with E-state index in [0.717, 1.165) is 36.8 Å². The Hall–Kier alpha value is -0.144. The number of rotatable bonds is 26. The van der Waals surface area contributed by atoms with Crippen molar-refractivity contribution >= 4 is 71.6 Å². The summed E-state index contributed by atoms with van der Waals surface area (Å²) in [6.45, 7) is 4.44. The van der Waals surface area contributed by atoms with Gasteiger partial charge in [-0.05, 0) is 60.8 Å². The van der Waals surface area contributed by atoms with Crippen molar-refractivity contribution in [1.29, 1.82) is 0 Å². The molecule has 258 valence electrons. The van der Waals surface area contributed by atoms with E-state index in [-0.39, 0.29) is 64.2 Å². The van der Waals surface area contributed by atoms with Crippen LogP contribution in [0.5, 0.6) is 0 Å². The van der Waals surface area contributed by atoms with Gasteiger partial charge in [-0.2, -0.15) is 16.8 Å². The van der Waals surface area contributed by atoms with Crippen molar-refractivity contribution in [1.82, 2.24) is 0 Å². The molecular formula is C36H59KO7S2. The zero-order chi connectivity index (χ0) is 33.0. The monoisotopic (exact) mass is 706 g/mol. The van der Waals surface area contributed by atoms with Gasteiger partial charge >= 0.3 is 51.4 Å². The molecule has 2 unspecified atom stereocenters. The van der Waals surface area contributed by atoms with Crippen LogP contribution >= 0.6 is 0 Å². The van der Waals surface area contributed by atoms with Gasteiger partial charge in [0.15, 0.2) is 0 Å². The van der Waals surface area contributed by atoms with Crippen LogP contribution in [0.4, 0.5) is 0 Å². The number of unbranched alkanes of at least 4 members (excludes halogenated alkanes) is 12. The third kappa shape index (κ3) is 21.1. The molecule has 2 atom stereocenters. The van der Waals surface area contributed by atoms with Gasteiger partial charge in [0.25, 0.3) is 20.2 Å². The summed E-state index contributed by atoms with van der Waals surface area (Å²) in [5.41, 5.74) is 3.91. The van der Waals surface area contributed by atoms with Crippen molar-refractivity contribution < 1.29 is 30.7 Å². The van der Waals surface area contributed by atoms with E-state index in [1.807, 2.05) is 48.5 Å². The van der Waals surface area contributed by atoms with E-state index in [1.165, 1.54) is 88.2 Å². The maximum absolute atomic E-state index is 11.7.